The second-order valence-corrected chi connectivity index (χ2v) is 8.21. The summed E-state index contributed by atoms with van der Waals surface area (Å²) < 4.78 is 1.91. The van der Waals surface area contributed by atoms with Gasteiger partial charge in [0.15, 0.2) is 5.75 Å². The van der Waals surface area contributed by atoms with Crippen LogP contribution < -0.4 is 5.43 Å². The number of fused-ring (bicyclic) bond motifs is 1. The maximum absolute atomic E-state index is 12.0. The van der Waals surface area contributed by atoms with Crippen molar-refractivity contribution in [3.05, 3.63) is 76.5 Å². The largest absolute Gasteiger partial charge is 0.503 e. The summed E-state index contributed by atoms with van der Waals surface area (Å²) >= 11 is 0. The van der Waals surface area contributed by atoms with Gasteiger partial charge in [-0.15, -0.1) is 0 Å². The normalized spacial score (nSPS) is 14.3. The van der Waals surface area contributed by atoms with Crippen molar-refractivity contribution in [3.63, 3.8) is 0 Å². The first-order valence-electron chi connectivity index (χ1n) is 10.4. The minimum absolute atomic E-state index is 0.0315. The lowest BCUT2D eigenvalue weighted by Crippen LogP contribution is -2.24. The molecule has 2 unspecified atom stereocenters. The van der Waals surface area contributed by atoms with Crippen LogP contribution in [0.15, 0.2) is 59.8 Å². The van der Waals surface area contributed by atoms with Gasteiger partial charge in [0.2, 0.25) is 5.43 Å². The Morgan fingerprint density at radius 2 is 1.93 bits per heavy atom. The van der Waals surface area contributed by atoms with E-state index in [0.717, 1.165) is 27.6 Å². The highest BCUT2D eigenvalue weighted by atomic mass is 16.3. The average molecular weight is 407 g/mol. The number of hydrogen-bond acceptors (Lipinski definition) is 4. The lowest BCUT2D eigenvalue weighted by molar-refractivity contribution is 0.123. The third-order valence-electron chi connectivity index (χ3n) is 5.68. The van der Waals surface area contributed by atoms with Crippen LogP contribution in [-0.4, -0.2) is 25.9 Å². The summed E-state index contributed by atoms with van der Waals surface area (Å²) in [4.78, 5) is 16.4. The zero-order valence-electron chi connectivity index (χ0n) is 18.0. The Balaban J connectivity index is 1.97. The van der Waals surface area contributed by atoms with Gasteiger partial charge in [-0.25, -0.2) is 0 Å². The number of aliphatic hydroxyl groups is 1. The van der Waals surface area contributed by atoms with E-state index in [2.05, 4.69) is 24.1 Å². The summed E-state index contributed by atoms with van der Waals surface area (Å²) in [5.74, 6) is -0.205. The lowest BCUT2D eigenvalue weighted by Gasteiger charge is -2.24. The molecule has 0 aliphatic carbocycles. The summed E-state index contributed by atoms with van der Waals surface area (Å²) in [6, 6.07) is 9.57. The molecular formula is C25H30N2O3. The summed E-state index contributed by atoms with van der Waals surface area (Å²) in [5, 5.41) is 22.7. The van der Waals surface area contributed by atoms with Gasteiger partial charge in [-0.3, -0.25) is 9.78 Å². The predicted molar refractivity (Wildman–Crippen MR) is 122 cm³/mol. The minimum Gasteiger partial charge on any atom is -0.503 e. The van der Waals surface area contributed by atoms with Crippen molar-refractivity contribution in [2.45, 2.75) is 52.7 Å². The van der Waals surface area contributed by atoms with E-state index in [1.54, 1.807) is 0 Å². The van der Waals surface area contributed by atoms with Crippen molar-refractivity contribution in [1.29, 1.82) is 0 Å². The Kier molecular flexibility index (Phi) is 6.73. The predicted octanol–water partition coefficient (Wildman–Crippen LogP) is 4.72. The second kappa shape index (κ2) is 9.26. The van der Waals surface area contributed by atoms with Crippen LogP contribution in [0.25, 0.3) is 16.3 Å². The van der Waals surface area contributed by atoms with Crippen LogP contribution in [0.5, 0.6) is 5.75 Å². The fraction of sp³-hybridized carbons (Fsp3) is 0.360. The van der Waals surface area contributed by atoms with Gasteiger partial charge in [-0.1, -0.05) is 44.2 Å². The molecule has 1 aromatic carbocycles. The summed E-state index contributed by atoms with van der Waals surface area (Å²) in [6.07, 6.45) is 7.82. The Bertz CT molecular complexity index is 1110. The smallest absolute Gasteiger partial charge is 0.223 e. The number of allylic oxidation sites excluding steroid dienone is 2. The monoisotopic (exact) mass is 406 g/mol. The first kappa shape index (κ1) is 21.8. The van der Waals surface area contributed by atoms with Gasteiger partial charge in [-0.05, 0) is 37.1 Å². The van der Waals surface area contributed by atoms with Gasteiger partial charge in [0.25, 0.3) is 0 Å². The SMILES string of the molecule is CC=C(CC(C)n1cc(O)c(=O)cc1CC(O)C(C)C)c1cncc2ccccc12. The molecule has 30 heavy (non-hydrogen) atoms. The van der Waals surface area contributed by atoms with E-state index in [9.17, 15) is 15.0 Å². The van der Waals surface area contributed by atoms with Gasteiger partial charge in [0, 0.05) is 47.6 Å². The molecule has 3 aromatic rings. The number of pyridine rings is 2. The van der Waals surface area contributed by atoms with Crippen LogP contribution >= 0.6 is 0 Å². The summed E-state index contributed by atoms with van der Waals surface area (Å²) in [6.45, 7) is 7.96. The van der Waals surface area contributed by atoms with Gasteiger partial charge in [0.05, 0.1) is 12.3 Å². The molecule has 2 atom stereocenters. The van der Waals surface area contributed by atoms with E-state index in [4.69, 9.17) is 0 Å². The Morgan fingerprint density at radius 3 is 2.63 bits per heavy atom. The van der Waals surface area contributed by atoms with Crippen LogP contribution in [0.2, 0.25) is 0 Å². The minimum atomic E-state index is -0.559. The molecule has 0 fully saturated rings. The molecule has 0 aliphatic heterocycles. The highest BCUT2D eigenvalue weighted by Gasteiger charge is 2.18. The molecule has 0 saturated carbocycles. The zero-order valence-corrected chi connectivity index (χ0v) is 18.0. The van der Waals surface area contributed by atoms with Crippen molar-refractivity contribution < 1.29 is 10.2 Å². The van der Waals surface area contributed by atoms with Gasteiger partial charge < -0.3 is 14.8 Å². The molecule has 0 aliphatic rings. The molecule has 2 aromatic heterocycles. The number of aromatic nitrogens is 2. The van der Waals surface area contributed by atoms with Crippen LogP contribution in [0, 0.1) is 5.92 Å². The fourth-order valence-electron chi connectivity index (χ4n) is 3.78. The Labute approximate surface area is 177 Å². The molecule has 0 saturated heterocycles. The highest BCUT2D eigenvalue weighted by molar-refractivity contribution is 5.92. The van der Waals surface area contributed by atoms with E-state index in [1.165, 1.54) is 12.3 Å². The lowest BCUT2D eigenvalue weighted by atomic mass is 9.95. The van der Waals surface area contributed by atoms with E-state index in [-0.39, 0.29) is 17.7 Å². The van der Waals surface area contributed by atoms with Gasteiger partial charge in [-0.2, -0.15) is 0 Å². The molecule has 5 heteroatoms. The molecule has 2 heterocycles. The van der Waals surface area contributed by atoms with Crippen molar-refractivity contribution >= 4 is 16.3 Å². The number of rotatable bonds is 7. The topological polar surface area (TPSA) is 75.4 Å². The zero-order chi connectivity index (χ0) is 21.8. The van der Waals surface area contributed by atoms with Crippen LogP contribution in [-0.2, 0) is 6.42 Å². The number of nitrogens with zero attached hydrogens (tertiary/aromatic N) is 2. The number of aromatic hydroxyl groups is 1. The fourth-order valence-corrected chi connectivity index (χ4v) is 3.78. The summed E-state index contributed by atoms with van der Waals surface area (Å²) in [5.41, 5.74) is 2.52. The maximum Gasteiger partial charge on any atom is 0.223 e. The van der Waals surface area contributed by atoms with Crippen LogP contribution in [0.1, 0.15) is 51.4 Å². The van der Waals surface area contributed by atoms with E-state index >= 15 is 0 Å². The van der Waals surface area contributed by atoms with E-state index in [1.807, 2.05) is 55.9 Å². The Morgan fingerprint density at radius 1 is 1.20 bits per heavy atom. The first-order valence-corrected chi connectivity index (χ1v) is 10.4. The number of hydrogen-bond donors (Lipinski definition) is 2. The highest BCUT2D eigenvalue weighted by Crippen LogP contribution is 2.31. The molecule has 2 N–H and O–H groups in total. The standard InChI is InChI=1S/C25H30N2O3/c1-5-18(22-14-26-13-19-8-6-7-9-21(19)22)10-17(4)27-15-25(30)24(29)12-20(27)11-23(28)16(2)3/h5-9,12-17,23,28,30H,10-11H2,1-4H3. The van der Waals surface area contributed by atoms with Gasteiger partial charge >= 0.3 is 0 Å². The van der Waals surface area contributed by atoms with Crippen LogP contribution in [0.4, 0.5) is 0 Å². The van der Waals surface area contributed by atoms with Crippen molar-refractivity contribution in [1.82, 2.24) is 9.55 Å². The Hall–Kier alpha value is -2.92. The third kappa shape index (κ3) is 4.62. The van der Waals surface area contributed by atoms with Crippen molar-refractivity contribution in [2.75, 3.05) is 0 Å². The van der Waals surface area contributed by atoms with E-state index in [0.29, 0.717) is 12.8 Å². The summed E-state index contributed by atoms with van der Waals surface area (Å²) in [7, 11) is 0. The molecule has 3 rings (SSSR count). The molecular weight excluding hydrogens is 376 g/mol. The third-order valence-corrected chi connectivity index (χ3v) is 5.68. The second-order valence-electron chi connectivity index (χ2n) is 8.21. The number of aliphatic hydroxyl groups excluding tert-OH is 1. The van der Waals surface area contributed by atoms with Crippen LogP contribution in [0.3, 0.4) is 0 Å². The molecule has 5 nitrogen and oxygen atoms in total. The average Bonchev–Trinajstić information content (AvgIpc) is 2.73. The molecule has 0 amide bonds. The first-order chi connectivity index (χ1) is 14.3. The maximum atomic E-state index is 12.0. The van der Waals surface area contributed by atoms with Crippen molar-refractivity contribution in [3.8, 4) is 5.75 Å². The quantitative estimate of drug-likeness (QED) is 0.595. The molecule has 0 bridgehead atoms. The molecule has 158 valence electrons. The molecule has 0 radical (unpaired) electrons. The van der Waals surface area contributed by atoms with E-state index < -0.39 is 11.5 Å². The molecule has 0 spiro atoms. The number of benzene rings is 1. The van der Waals surface area contributed by atoms with Gasteiger partial charge in [0.1, 0.15) is 0 Å². The van der Waals surface area contributed by atoms with Crippen molar-refractivity contribution in [2.24, 2.45) is 5.92 Å².